The fourth-order valence-electron chi connectivity index (χ4n) is 1.88. The highest BCUT2D eigenvalue weighted by Gasteiger charge is 2.07. The summed E-state index contributed by atoms with van der Waals surface area (Å²) in [6, 6.07) is 10.1. The van der Waals surface area contributed by atoms with Gasteiger partial charge in [0.05, 0.1) is 0 Å². The average Bonchev–Trinajstić information content (AvgIpc) is 2.45. The van der Waals surface area contributed by atoms with Crippen molar-refractivity contribution in [3.63, 3.8) is 0 Å². The van der Waals surface area contributed by atoms with Crippen LogP contribution < -0.4 is 10.1 Å². The zero-order valence-corrected chi connectivity index (χ0v) is 14.0. The van der Waals surface area contributed by atoms with Gasteiger partial charge in [-0.15, -0.1) is 0 Å². The Morgan fingerprint density at radius 3 is 2.71 bits per heavy atom. The van der Waals surface area contributed by atoms with E-state index in [9.17, 15) is 4.39 Å². The zero-order chi connectivity index (χ0) is 15.2. The van der Waals surface area contributed by atoms with Crippen LogP contribution in [0.25, 0.3) is 0 Å². The van der Waals surface area contributed by atoms with E-state index in [1.807, 2.05) is 19.1 Å². The molecular weight excluding hydrogens is 357 g/mol. The normalized spacial score (nSPS) is 10.7. The first-order valence-corrected chi connectivity index (χ1v) is 7.83. The van der Waals surface area contributed by atoms with Gasteiger partial charge in [0.15, 0.2) is 0 Å². The summed E-state index contributed by atoms with van der Waals surface area (Å²) < 4.78 is 19.6. The smallest absolute Gasteiger partial charge is 0.124 e. The van der Waals surface area contributed by atoms with Crippen LogP contribution in [0.1, 0.15) is 18.1 Å². The maximum atomic E-state index is 13.1. The van der Waals surface area contributed by atoms with Gasteiger partial charge in [0.25, 0.3) is 0 Å². The van der Waals surface area contributed by atoms with Gasteiger partial charge in [-0.25, -0.2) is 4.39 Å². The van der Waals surface area contributed by atoms with Gasteiger partial charge in [0.2, 0.25) is 0 Å². The van der Waals surface area contributed by atoms with Crippen molar-refractivity contribution in [1.29, 1.82) is 0 Å². The molecule has 2 nitrogen and oxygen atoms in total. The number of nitrogens with one attached hydrogen (secondary N) is 1. The summed E-state index contributed by atoms with van der Waals surface area (Å²) >= 11 is 9.36. The molecule has 2 aromatic carbocycles. The molecular formula is C16H16BrClFNO. The number of hydrogen-bond acceptors (Lipinski definition) is 2. The molecule has 112 valence electrons. The van der Waals surface area contributed by atoms with Crippen molar-refractivity contribution in [2.45, 2.75) is 20.1 Å². The van der Waals surface area contributed by atoms with Crippen molar-refractivity contribution in [3.8, 4) is 5.75 Å². The summed E-state index contributed by atoms with van der Waals surface area (Å²) in [5.41, 5.74) is 1.89. The molecule has 0 aromatic heterocycles. The summed E-state index contributed by atoms with van der Waals surface area (Å²) in [6.45, 7) is 3.97. The number of benzene rings is 2. The molecule has 1 N–H and O–H groups in total. The molecule has 0 heterocycles. The van der Waals surface area contributed by atoms with Crippen molar-refractivity contribution in [2.75, 3.05) is 6.54 Å². The molecule has 0 radical (unpaired) electrons. The standard InChI is InChI=1S/C16H16BrClFNO/c1-2-20-9-12-7-13(18)4-6-16(12)21-10-11-3-5-14(19)8-15(11)17/h3-8,20H,2,9-10H2,1H3. The van der Waals surface area contributed by atoms with Crippen molar-refractivity contribution >= 4 is 27.5 Å². The second-order valence-electron chi connectivity index (χ2n) is 4.56. The quantitative estimate of drug-likeness (QED) is 0.776. The number of ether oxygens (including phenoxy) is 1. The fourth-order valence-corrected chi connectivity index (χ4v) is 2.54. The summed E-state index contributed by atoms with van der Waals surface area (Å²) in [6.07, 6.45) is 0. The molecule has 0 atom stereocenters. The molecule has 0 bridgehead atoms. The van der Waals surface area contributed by atoms with Crippen molar-refractivity contribution in [1.82, 2.24) is 5.32 Å². The molecule has 2 aromatic rings. The zero-order valence-electron chi connectivity index (χ0n) is 11.6. The van der Waals surface area contributed by atoms with E-state index >= 15 is 0 Å². The van der Waals surface area contributed by atoms with Gasteiger partial charge in [-0.2, -0.15) is 0 Å². The van der Waals surface area contributed by atoms with E-state index in [0.29, 0.717) is 22.6 Å². The Kier molecular flexibility index (Phi) is 6.03. The molecule has 0 fully saturated rings. The fraction of sp³-hybridized carbons (Fsp3) is 0.250. The van der Waals surface area contributed by atoms with Gasteiger partial charge in [-0.1, -0.05) is 40.5 Å². The highest BCUT2D eigenvalue weighted by molar-refractivity contribution is 9.10. The van der Waals surface area contributed by atoms with E-state index in [-0.39, 0.29) is 5.82 Å². The Labute approximate surface area is 137 Å². The van der Waals surface area contributed by atoms with Gasteiger partial charge in [-0.3, -0.25) is 0 Å². The van der Waals surface area contributed by atoms with Crippen molar-refractivity contribution < 1.29 is 9.13 Å². The third-order valence-corrected chi connectivity index (χ3v) is 3.96. The third-order valence-electron chi connectivity index (χ3n) is 2.99. The van der Waals surface area contributed by atoms with Crippen molar-refractivity contribution in [2.24, 2.45) is 0 Å². The summed E-state index contributed by atoms with van der Waals surface area (Å²) in [4.78, 5) is 0. The minimum atomic E-state index is -0.273. The van der Waals surface area contributed by atoms with Crippen LogP contribution in [0, 0.1) is 5.82 Å². The van der Waals surface area contributed by atoms with Gasteiger partial charge in [-0.05, 0) is 36.9 Å². The summed E-state index contributed by atoms with van der Waals surface area (Å²) in [7, 11) is 0. The Hall–Kier alpha value is -1.10. The van der Waals surface area contributed by atoms with Crippen LogP contribution in [0.15, 0.2) is 40.9 Å². The van der Waals surface area contributed by atoms with E-state index in [2.05, 4.69) is 21.2 Å². The summed E-state index contributed by atoms with van der Waals surface area (Å²) in [5, 5.41) is 3.93. The van der Waals surface area contributed by atoms with E-state index in [1.165, 1.54) is 12.1 Å². The van der Waals surface area contributed by atoms with E-state index < -0.39 is 0 Å². The van der Waals surface area contributed by atoms with Crippen LogP contribution in [0.5, 0.6) is 5.75 Å². The Bertz CT molecular complexity index is 621. The van der Waals surface area contributed by atoms with Gasteiger partial charge < -0.3 is 10.1 Å². The SMILES string of the molecule is CCNCc1cc(Cl)ccc1OCc1ccc(F)cc1Br. The minimum absolute atomic E-state index is 0.273. The second kappa shape index (κ2) is 7.78. The van der Waals surface area contributed by atoms with Crippen LogP contribution >= 0.6 is 27.5 Å². The minimum Gasteiger partial charge on any atom is -0.489 e. The Morgan fingerprint density at radius 2 is 2.00 bits per heavy atom. The molecule has 0 aliphatic rings. The highest BCUT2D eigenvalue weighted by atomic mass is 79.9. The van der Waals surface area contributed by atoms with Gasteiger partial charge >= 0.3 is 0 Å². The lowest BCUT2D eigenvalue weighted by Gasteiger charge is -2.13. The molecule has 0 aliphatic heterocycles. The molecule has 0 unspecified atom stereocenters. The van der Waals surface area contributed by atoms with E-state index in [4.69, 9.17) is 16.3 Å². The maximum absolute atomic E-state index is 13.1. The lowest BCUT2D eigenvalue weighted by atomic mass is 10.2. The molecule has 0 saturated carbocycles. The molecule has 2 rings (SSSR count). The molecule has 0 saturated heterocycles. The summed E-state index contributed by atoms with van der Waals surface area (Å²) in [5.74, 6) is 0.501. The predicted octanol–water partition coefficient (Wildman–Crippen LogP) is 4.93. The van der Waals surface area contributed by atoms with Crippen LogP contribution in [0.3, 0.4) is 0 Å². The first kappa shape index (κ1) is 16.3. The highest BCUT2D eigenvalue weighted by Crippen LogP contribution is 2.25. The molecule has 21 heavy (non-hydrogen) atoms. The number of halogens is 3. The second-order valence-corrected chi connectivity index (χ2v) is 5.85. The van der Waals surface area contributed by atoms with Crippen LogP contribution in [-0.4, -0.2) is 6.54 Å². The lowest BCUT2D eigenvalue weighted by molar-refractivity contribution is 0.301. The Balaban J connectivity index is 2.11. The molecule has 0 spiro atoms. The molecule has 0 amide bonds. The van der Waals surface area contributed by atoms with Gasteiger partial charge in [0, 0.05) is 27.2 Å². The van der Waals surface area contributed by atoms with Crippen LogP contribution in [0.2, 0.25) is 5.02 Å². The van der Waals surface area contributed by atoms with E-state index in [1.54, 1.807) is 12.1 Å². The Morgan fingerprint density at radius 1 is 1.19 bits per heavy atom. The molecule has 0 aliphatic carbocycles. The van der Waals surface area contributed by atoms with Crippen molar-refractivity contribution in [3.05, 3.63) is 62.8 Å². The van der Waals surface area contributed by atoms with E-state index in [0.717, 1.165) is 23.4 Å². The monoisotopic (exact) mass is 371 g/mol. The van der Waals surface area contributed by atoms with Crippen LogP contribution in [-0.2, 0) is 13.2 Å². The average molecular weight is 373 g/mol. The topological polar surface area (TPSA) is 21.3 Å². The van der Waals surface area contributed by atoms with Crippen LogP contribution in [0.4, 0.5) is 4.39 Å². The van der Waals surface area contributed by atoms with Gasteiger partial charge in [0.1, 0.15) is 18.2 Å². The largest absolute Gasteiger partial charge is 0.489 e. The first-order chi connectivity index (χ1) is 10.1. The first-order valence-electron chi connectivity index (χ1n) is 6.66. The number of hydrogen-bond donors (Lipinski definition) is 1. The third kappa shape index (κ3) is 4.70. The lowest BCUT2D eigenvalue weighted by Crippen LogP contribution is -2.13. The maximum Gasteiger partial charge on any atom is 0.124 e. The predicted molar refractivity (Wildman–Crippen MR) is 87.3 cm³/mol. The number of rotatable bonds is 6. The molecule has 5 heteroatoms.